The minimum Gasteiger partial charge on any atom is -0.350 e. The highest BCUT2D eigenvalue weighted by Gasteiger charge is 2.24. The predicted octanol–water partition coefficient (Wildman–Crippen LogP) is 2.33. The van der Waals surface area contributed by atoms with Gasteiger partial charge < -0.3 is 10.2 Å². The van der Waals surface area contributed by atoms with E-state index in [9.17, 15) is 9.18 Å². The van der Waals surface area contributed by atoms with Gasteiger partial charge in [-0.25, -0.2) is 9.37 Å². The van der Waals surface area contributed by atoms with Crippen LogP contribution in [0.1, 0.15) is 29.2 Å². The number of amides is 1. The molecule has 0 spiro atoms. The largest absolute Gasteiger partial charge is 0.350 e. The van der Waals surface area contributed by atoms with Crippen LogP contribution >= 0.6 is 0 Å². The normalized spacial score (nSPS) is 15.5. The topological polar surface area (TPSA) is 69.0 Å². The summed E-state index contributed by atoms with van der Waals surface area (Å²) in [5.74, 6) is 0.260. The quantitative estimate of drug-likeness (QED) is 0.937. The SMILES string of the molecule is CN(CC(=O)N[C@@H]1CCc2cc(F)ccc21)c1ccc(C#N)cn1. The van der Waals surface area contributed by atoms with Crippen LogP contribution in [0.4, 0.5) is 10.2 Å². The van der Waals surface area contributed by atoms with Crippen molar-refractivity contribution in [1.29, 1.82) is 5.26 Å². The number of carbonyl (C=O) groups excluding carboxylic acids is 1. The molecule has 0 unspecified atom stereocenters. The Morgan fingerprint density at radius 3 is 3.00 bits per heavy atom. The number of aromatic nitrogens is 1. The molecule has 0 radical (unpaired) electrons. The molecule has 0 saturated heterocycles. The Morgan fingerprint density at radius 1 is 1.46 bits per heavy atom. The molecule has 1 aliphatic rings. The number of hydrogen-bond acceptors (Lipinski definition) is 4. The van der Waals surface area contributed by atoms with Crippen molar-refractivity contribution < 1.29 is 9.18 Å². The molecule has 0 fully saturated rings. The molecular weight excluding hydrogens is 307 g/mol. The summed E-state index contributed by atoms with van der Waals surface area (Å²) in [5.41, 5.74) is 2.43. The maximum absolute atomic E-state index is 13.2. The van der Waals surface area contributed by atoms with Gasteiger partial charge in [0, 0.05) is 13.2 Å². The molecule has 0 saturated carbocycles. The van der Waals surface area contributed by atoms with Gasteiger partial charge in [-0.1, -0.05) is 6.07 Å². The van der Waals surface area contributed by atoms with Crippen LogP contribution in [0.5, 0.6) is 0 Å². The van der Waals surface area contributed by atoms with Crippen LogP contribution in [0.2, 0.25) is 0 Å². The highest BCUT2D eigenvalue weighted by Crippen LogP contribution is 2.31. The molecule has 5 nitrogen and oxygen atoms in total. The standard InChI is InChI=1S/C18H17FN4O/c1-23(17-7-2-12(9-20)10-21-17)11-18(24)22-16-6-3-13-8-14(19)4-5-15(13)16/h2,4-5,7-8,10,16H,3,6,11H2,1H3,(H,22,24)/t16-/m1/s1. The van der Waals surface area contributed by atoms with Crippen LogP contribution in [0.15, 0.2) is 36.5 Å². The summed E-state index contributed by atoms with van der Waals surface area (Å²) in [6.45, 7) is 0.159. The number of halogens is 1. The van der Waals surface area contributed by atoms with Crippen LogP contribution in [-0.4, -0.2) is 24.5 Å². The van der Waals surface area contributed by atoms with Crippen molar-refractivity contribution >= 4 is 11.7 Å². The molecule has 3 rings (SSSR count). The Kier molecular flexibility index (Phi) is 4.43. The summed E-state index contributed by atoms with van der Waals surface area (Å²) in [4.78, 5) is 18.2. The Labute approximate surface area is 139 Å². The van der Waals surface area contributed by atoms with Gasteiger partial charge in [-0.15, -0.1) is 0 Å². The summed E-state index contributed by atoms with van der Waals surface area (Å²) in [7, 11) is 1.77. The Balaban J connectivity index is 1.61. The summed E-state index contributed by atoms with van der Waals surface area (Å²) in [6.07, 6.45) is 3.03. The van der Waals surface area contributed by atoms with E-state index in [1.54, 1.807) is 30.1 Å². The molecule has 1 atom stereocenters. The number of carbonyl (C=O) groups is 1. The maximum atomic E-state index is 13.2. The summed E-state index contributed by atoms with van der Waals surface area (Å²) in [6, 6.07) is 10.0. The number of benzene rings is 1. The van der Waals surface area contributed by atoms with Gasteiger partial charge in [0.2, 0.25) is 5.91 Å². The number of anilines is 1. The second-order valence-corrected chi connectivity index (χ2v) is 5.87. The summed E-state index contributed by atoms with van der Waals surface area (Å²) < 4.78 is 13.2. The van der Waals surface area contributed by atoms with Gasteiger partial charge in [-0.05, 0) is 48.2 Å². The molecule has 6 heteroatoms. The Hall–Kier alpha value is -2.94. The lowest BCUT2D eigenvalue weighted by atomic mass is 10.1. The second-order valence-electron chi connectivity index (χ2n) is 5.87. The van der Waals surface area contributed by atoms with Crippen molar-refractivity contribution in [3.05, 3.63) is 59.0 Å². The van der Waals surface area contributed by atoms with Crippen molar-refractivity contribution in [2.24, 2.45) is 0 Å². The van der Waals surface area contributed by atoms with E-state index in [2.05, 4.69) is 10.3 Å². The van der Waals surface area contributed by atoms with E-state index in [1.807, 2.05) is 6.07 Å². The molecule has 1 aromatic heterocycles. The van der Waals surface area contributed by atoms with Gasteiger partial charge in [0.25, 0.3) is 0 Å². The third-order valence-electron chi connectivity index (χ3n) is 4.17. The highest BCUT2D eigenvalue weighted by atomic mass is 19.1. The van der Waals surface area contributed by atoms with Crippen molar-refractivity contribution in [2.75, 3.05) is 18.5 Å². The summed E-state index contributed by atoms with van der Waals surface area (Å²) >= 11 is 0. The lowest BCUT2D eigenvalue weighted by Gasteiger charge is -2.20. The van der Waals surface area contributed by atoms with Crippen LogP contribution in [-0.2, 0) is 11.2 Å². The van der Waals surface area contributed by atoms with Crippen LogP contribution in [0.25, 0.3) is 0 Å². The first-order valence-corrected chi connectivity index (χ1v) is 7.72. The fourth-order valence-electron chi connectivity index (χ4n) is 2.95. The maximum Gasteiger partial charge on any atom is 0.240 e. The monoisotopic (exact) mass is 324 g/mol. The minimum atomic E-state index is -0.243. The van der Waals surface area contributed by atoms with Crippen LogP contribution < -0.4 is 10.2 Å². The van der Waals surface area contributed by atoms with E-state index in [-0.39, 0.29) is 24.3 Å². The van der Waals surface area contributed by atoms with Crippen molar-refractivity contribution in [2.45, 2.75) is 18.9 Å². The first kappa shape index (κ1) is 15.9. The average Bonchev–Trinajstić information content (AvgIpc) is 2.96. The molecule has 0 aliphatic heterocycles. The van der Waals surface area contributed by atoms with Crippen LogP contribution in [0, 0.1) is 17.1 Å². The number of aryl methyl sites for hydroxylation is 1. The molecule has 1 aromatic carbocycles. The number of nitrogens with zero attached hydrogens (tertiary/aromatic N) is 3. The zero-order valence-electron chi connectivity index (χ0n) is 13.3. The molecule has 1 heterocycles. The number of nitrogens with one attached hydrogen (secondary N) is 1. The van der Waals surface area contributed by atoms with Crippen molar-refractivity contribution in [3.8, 4) is 6.07 Å². The second kappa shape index (κ2) is 6.67. The van der Waals surface area contributed by atoms with Crippen molar-refractivity contribution in [1.82, 2.24) is 10.3 Å². The molecule has 24 heavy (non-hydrogen) atoms. The first-order valence-electron chi connectivity index (χ1n) is 7.72. The van der Waals surface area contributed by atoms with E-state index in [1.165, 1.54) is 18.3 Å². The number of rotatable bonds is 4. The van der Waals surface area contributed by atoms with E-state index >= 15 is 0 Å². The van der Waals surface area contributed by atoms with Gasteiger partial charge in [-0.2, -0.15) is 5.26 Å². The lowest BCUT2D eigenvalue weighted by molar-refractivity contribution is -0.120. The van der Waals surface area contributed by atoms with Gasteiger partial charge >= 0.3 is 0 Å². The molecule has 0 bridgehead atoms. The average molecular weight is 324 g/mol. The number of hydrogen-bond donors (Lipinski definition) is 1. The first-order chi connectivity index (χ1) is 11.6. The third kappa shape index (κ3) is 3.35. The molecule has 1 amide bonds. The molecule has 2 aromatic rings. The number of likely N-dealkylation sites (N-methyl/N-ethyl adjacent to an activating group) is 1. The van der Waals surface area contributed by atoms with Crippen LogP contribution in [0.3, 0.4) is 0 Å². The molecule has 1 aliphatic carbocycles. The van der Waals surface area contributed by atoms with Gasteiger partial charge in [0.15, 0.2) is 0 Å². The lowest BCUT2D eigenvalue weighted by Crippen LogP contribution is -2.37. The minimum absolute atomic E-state index is 0.0737. The zero-order chi connectivity index (χ0) is 17.1. The Bertz CT molecular complexity index is 798. The van der Waals surface area contributed by atoms with Gasteiger partial charge in [-0.3, -0.25) is 4.79 Å². The van der Waals surface area contributed by atoms with Crippen molar-refractivity contribution in [3.63, 3.8) is 0 Å². The predicted molar refractivity (Wildman–Crippen MR) is 87.8 cm³/mol. The Morgan fingerprint density at radius 2 is 2.29 bits per heavy atom. The van der Waals surface area contributed by atoms with Gasteiger partial charge in [0.1, 0.15) is 17.7 Å². The highest BCUT2D eigenvalue weighted by molar-refractivity contribution is 5.81. The number of fused-ring (bicyclic) bond motifs is 1. The smallest absolute Gasteiger partial charge is 0.240 e. The number of pyridine rings is 1. The summed E-state index contributed by atoms with van der Waals surface area (Å²) in [5, 5.41) is 11.8. The van der Waals surface area contributed by atoms with E-state index < -0.39 is 0 Å². The fraction of sp³-hybridized carbons (Fsp3) is 0.278. The van der Waals surface area contributed by atoms with Gasteiger partial charge in [0.05, 0.1) is 18.2 Å². The molecular formula is C18H17FN4O. The van der Waals surface area contributed by atoms with E-state index in [0.717, 1.165) is 24.0 Å². The zero-order valence-corrected chi connectivity index (χ0v) is 13.3. The van der Waals surface area contributed by atoms with E-state index in [4.69, 9.17) is 5.26 Å². The fourth-order valence-corrected chi connectivity index (χ4v) is 2.95. The molecule has 1 N–H and O–H groups in total. The number of nitriles is 1. The molecule has 122 valence electrons. The third-order valence-corrected chi connectivity index (χ3v) is 4.17. The van der Waals surface area contributed by atoms with E-state index in [0.29, 0.717) is 11.4 Å².